The maximum absolute atomic E-state index is 9.72. The Morgan fingerprint density at radius 2 is 2.13 bits per heavy atom. The summed E-state index contributed by atoms with van der Waals surface area (Å²) in [5.41, 5.74) is 4.94. The topological polar surface area (TPSA) is 89.3 Å². The molecule has 2 rings (SSSR count). The minimum absolute atomic E-state index is 0.139. The van der Waals surface area contributed by atoms with Crippen molar-refractivity contribution in [3.05, 3.63) is 17.0 Å². The Morgan fingerprint density at radius 1 is 1.47 bits per heavy atom. The average Bonchev–Trinajstić information content (AvgIpc) is 2.46. The number of rotatable bonds is 1. The molecule has 6 nitrogen and oxygen atoms in total. The highest BCUT2D eigenvalue weighted by molar-refractivity contribution is 6.29. The third-order valence-corrected chi connectivity index (χ3v) is 2.06. The fraction of sp³-hybridized carbons (Fsp3) is 0.375. The molecule has 0 aliphatic carbocycles. The largest absolute Gasteiger partial charge is 0.382 e. The number of halogens is 1. The number of fused-ring (bicyclic) bond motifs is 1. The van der Waals surface area contributed by atoms with Gasteiger partial charge in [0.25, 0.3) is 0 Å². The maximum Gasteiger partial charge on any atom is 0.224 e. The van der Waals surface area contributed by atoms with E-state index in [1.165, 1.54) is 10.6 Å². The minimum Gasteiger partial charge on any atom is -0.382 e. The molecule has 0 aromatic carbocycles. The summed E-state index contributed by atoms with van der Waals surface area (Å²) in [4.78, 5) is 7.92. The van der Waals surface area contributed by atoms with E-state index in [9.17, 15) is 5.11 Å². The van der Waals surface area contributed by atoms with Gasteiger partial charge in [-0.3, -0.25) is 0 Å². The summed E-state index contributed by atoms with van der Waals surface area (Å²) >= 11 is 5.71. The van der Waals surface area contributed by atoms with Gasteiger partial charge in [-0.05, 0) is 13.8 Å². The van der Waals surface area contributed by atoms with Crippen LogP contribution in [0.25, 0.3) is 5.65 Å². The van der Waals surface area contributed by atoms with Gasteiger partial charge in [-0.15, -0.1) is 5.10 Å². The summed E-state index contributed by atoms with van der Waals surface area (Å²) < 4.78 is 1.33. The van der Waals surface area contributed by atoms with Gasteiger partial charge in [-0.2, -0.15) is 4.52 Å². The highest BCUT2D eigenvalue weighted by Crippen LogP contribution is 2.18. The molecule has 7 heteroatoms. The van der Waals surface area contributed by atoms with Gasteiger partial charge in [0.2, 0.25) is 5.95 Å². The SMILES string of the molecule is CC(C)(O)c1nc2cc(Cl)nc(N)n2n1. The number of anilines is 1. The molecule has 15 heavy (non-hydrogen) atoms. The first-order valence-electron chi connectivity index (χ1n) is 4.29. The lowest BCUT2D eigenvalue weighted by Gasteiger charge is -2.10. The maximum atomic E-state index is 9.72. The van der Waals surface area contributed by atoms with Crippen LogP contribution >= 0.6 is 11.6 Å². The van der Waals surface area contributed by atoms with Crippen molar-refractivity contribution >= 4 is 23.2 Å². The zero-order valence-electron chi connectivity index (χ0n) is 8.27. The van der Waals surface area contributed by atoms with Crippen molar-refractivity contribution in [3.8, 4) is 0 Å². The molecule has 0 unspecified atom stereocenters. The van der Waals surface area contributed by atoms with E-state index in [2.05, 4.69) is 15.1 Å². The van der Waals surface area contributed by atoms with Crippen molar-refractivity contribution in [1.29, 1.82) is 0 Å². The van der Waals surface area contributed by atoms with Crippen molar-refractivity contribution in [2.45, 2.75) is 19.4 Å². The lowest BCUT2D eigenvalue weighted by Crippen LogP contribution is -2.17. The monoisotopic (exact) mass is 227 g/mol. The molecule has 0 bridgehead atoms. The van der Waals surface area contributed by atoms with Crippen LogP contribution in [-0.4, -0.2) is 24.7 Å². The van der Waals surface area contributed by atoms with Crippen molar-refractivity contribution in [1.82, 2.24) is 19.6 Å². The number of nitrogen functional groups attached to an aromatic ring is 1. The van der Waals surface area contributed by atoms with Crippen LogP contribution < -0.4 is 5.73 Å². The quantitative estimate of drug-likeness (QED) is 0.696. The lowest BCUT2D eigenvalue weighted by molar-refractivity contribution is 0.0690. The summed E-state index contributed by atoms with van der Waals surface area (Å²) in [7, 11) is 0. The summed E-state index contributed by atoms with van der Waals surface area (Å²) in [5.74, 6) is 0.416. The van der Waals surface area contributed by atoms with Crippen molar-refractivity contribution in [2.24, 2.45) is 0 Å². The molecule has 0 spiro atoms. The lowest BCUT2D eigenvalue weighted by atomic mass is 10.1. The van der Waals surface area contributed by atoms with E-state index in [1.807, 2.05) is 0 Å². The molecule has 0 saturated heterocycles. The van der Waals surface area contributed by atoms with E-state index < -0.39 is 5.60 Å². The Bertz CT molecular complexity index is 515. The highest BCUT2D eigenvalue weighted by atomic mass is 35.5. The van der Waals surface area contributed by atoms with E-state index in [0.717, 1.165) is 0 Å². The zero-order chi connectivity index (χ0) is 11.2. The first kappa shape index (κ1) is 10.1. The summed E-state index contributed by atoms with van der Waals surface area (Å²) in [6, 6.07) is 1.53. The number of hydrogen-bond donors (Lipinski definition) is 2. The van der Waals surface area contributed by atoms with Crippen LogP contribution in [0, 0.1) is 0 Å². The third kappa shape index (κ3) is 1.73. The normalized spacial score (nSPS) is 12.3. The van der Waals surface area contributed by atoms with Crippen LogP contribution in [-0.2, 0) is 5.60 Å². The second kappa shape index (κ2) is 3.04. The molecule has 3 N–H and O–H groups in total. The van der Waals surface area contributed by atoms with Crippen LogP contribution in [0.4, 0.5) is 5.95 Å². The van der Waals surface area contributed by atoms with E-state index in [0.29, 0.717) is 5.65 Å². The highest BCUT2D eigenvalue weighted by Gasteiger charge is 2.22. The summed E-state index contributed by atoms with van der Waals surface area (Å²) in [6.45, 7) is 3.18. The number of aromatic nitrogens is 4. The molecule has 0 saturated carbocycles. The van der Waals surface area contributed by atoms with Gasteiger partial charge in [0.1, 0.15) is 10.8 Å². The van der Waals surface area contributed by atoms with E-state index in [-0.39, 0.29) is 16.9 Å². The Labute approximate surface area is 90.7 Å². The van der Waals surface area contributed by atoms with Crippen LogP contribution in [0.3, 0.4) is 0 Å². The number of nitrogens with zero attached hydrogens (tertiary/aromatic N) is 4. The Morgan fingerprint density at radius 3 is 2.73 bits per heavy atom. The molecule has 2 aromatic heterocycles. The van der Waals surface area contributed by atoms with Gasteiger partial charge in [0.05, 0.1) is 0 Å². The standard InChI is InChI=1S/C8H10ClN5O/c1-8(2,15)6-12-5-3-4(9)11-7(10)14(5)13-6/h3,15H,1-2H3,(H2,10,11). The van der Waals surface area contributed by atoms with Gasteiger partial charge in [0, 0.05) is 6.07 Å². The van der Waals surface area contributed by atoms with E-state index in [1.54, 1.807) is 13.8 Å². The fourth-order valence-corrected chi connectivity index (χ4v) is 1.33. The molecule has 0 atom stereocenters. The van der Waals surface area contributed by atoms with Gasteiger partial charge < -0.3 is 10.8 Å². The third-order valence-electron chi connectivity index (χ3n) is 1.87. The Hall–Kier alpha value is -1.40. The predicted octanol–water partition coefficient (Wildman–Crippen LogP) is 0.587. The second-order valence-electron chi connectivity index (χ2n) is 3.70. The van der Waals surface area contributed by atoms with E-state index in [4.69, 9.17) is 17.3 Å². The second-order valence-corrected chi connectivity index (χ2v) is 4.09. The fourth-order valence-electron chi connectivity index (χ4n) is 1.14. The molecule has 0 aliphatic heterocycles. The van der Waals surface area contributed by atoms with Gasteiger partial charge in [-0.25, -0.2) is 9.97 Å². The van der Waals surface area contributed by atoms with Gasteiger partial charge in [-0.1, -0.05) is 11.6 Å². The van der Waals surface area contributed by atoms with E-state index >= 15 is 0 Å². The van der Waals surface area contributed by atoms with Crippen LogP contribution in [0.5, 0.6) is 0 Å². The summed E-state index contributed by atoms with van der Waals surface area (Å²) in [5, 5.41) is 14.0. The first-order chi connectivity index (χ1) is 6.88. The molecule has 0 amide bonds. The molecule has 2 aromatic rings. The van der Waals surface area contributed by atoms with Crippen LogP contribution in [0.2, 0.25) is 5.15 Å². The van der Waals surface area contributed by atoms with Crippen molar-refractivity contribution in [3.63, 3.8) is 0 Å². The number of nitrogens with two attached hydrogens (primary N) is 1. The zero-order valence-corrected chi connectivity index (χ0v) is 9.02. The Kier molecular flexibility index (Phi) is 2.06. The van der Waals surface area contributed by atoms with Crippen molar-refractivity contribution in [2.75, 3.05) is 5.73 Å². The molecule has 0 aliphatic rings. The van der Waals surface area contributed by atoms with Crippen LogP contribution in [0.1, 0.15) is 19.7 Å². The van der Waals surface area contributed by atoms with Gasteiger partial charge in [0.15, 0.2) is 11.5 Å². The molecule has 0 radical (unpaired) electrons. The average molecular weight is 228 g/mol. The minimum atomic E-state index is -1.12. The molecular weight excluding hydrogens is 218 g/mol. The molecular formula is C8H10ClN5O. The number of hydrogen-bond acceptors (Lipinski definition) is 5. The first-order valence-corrected chi connectivity index (χ1v) is 4.67. The number of aliphatic hydroxyl groups is 1. The molecule has 80 valence electrons. The molecule has 2 heterocycles. The Balaban J connectivity index is 2.71. The summed E-state index contributed by atoms with van der Waals surface area (Å²) in [6.07, 6.45) is 0. The smallest absolute Gasteiger partial charge is 0.224 e. The van der Waals surface area contributed by atoms with Gasteiger partial charge >= 0.3 is 0 Å². The van der Waals surface area contributed by atoms with Crippen LogP contribution in [0.15, 0.2) is 6.07 Å². The predicted molar refractivity (Wildman–Crippen MR) is 55.4 cm³/mol. The molecule has 0 fully saturated rings. The van der Waals surface area contributed by atoms with Crippen molar-refractivity contribution < 1.29 is 5.11 Å².